The number of morpholine rings is 1. The fourth-order valence-electron chi connectivity index (χ4n) is 3.93. The molecule has 3 rings (SSSR count). The predicted molar refractivity (Wildman–Crippen MR) is 104 cm³/mol. The second-order valence-electron chi connectivity index (χ2n) is 7.36. The van der Waals surface area contributed by atoms with Crippen LogP contribution in [0, 0.1) is 0 Å². The number of nitrogens with one attached hydrogen (secondary N) is 1. The van der Waals surface area contributed by atoms with E-state index in [1.165, 1.54) is 32.1 Å². The first-order valence-corrected chi connectivity index (χ1v) is 10.0. The molecule has 2 fully saturated rings. The van der Waals surface area contributed by atoms with Gasteiger partial charge in [0.1, 0.15) is 5.82 Å². The van der Waals surface area contributed by atoms with E-state index in [0.29, 0.717) is 25.3 Å². The van der Waals surface area contributed by atoms with Gasteiger partial charge in [-0.1, -0.05) is 19.3 Å². The zero-order valence-corrected chi connectivity index (χ0v) is 16.0. The number of nitrogens with zero attached hydrogens (tertiary/aromatic N) is 3. The minimum atomic E-state index is -0.0279. The summed E-state index contributed by atoms with van der Waals surface area (Å²) in [6.07, 6.45) is 9.47. The van der Waals surface area contributed by atoms with E-state index >= 15 is 0 Å². The third-order valence-electron chi connectivity index (χ3n) is 5.51. The second kappa shape index (κ2) is 9.88. The van der Waals surface area contributed by atoms with Crippen molar-refractivity contribution >= 4 is 11.7 Å². The smallest absolute Gasteiger partial charge is 0.255 e. The molecule has 1 aliphatic heterocycles. The highest BCUT2D eigenvalue weighted by atomic mass is 16.5. The highest BCUT2D eigenvalue weighted by Gasteiger charge is 2.20. The number of carbonyl (C=O) groups excluding carboxylic acids is 1. The van der Waals surface area contributed by atoms with Crippen LogP contribution >= 0.6 is 0 Å². The Balaban J connectivity index is 1.46. The molecule has 2 heterocycles. The first-order valence-electron chi connectivity index (χ1n) is 10.0. The van der Waals surface area contributed by atoms with Crippen LogP contribution in [0.3, 0.4) is 0 Å². The number of carbonyl (C=O) groups is 1. The zero-order chi connectivity index (χ0) is 18.2. The van der Waals surface area contributed by atoms with Crippen molar-refractivity contribution in [2.24, 2.45) is 0 Å². The number of ether oxygens (including phenoxy) is 1. The van der Waals surface area contributed by atoms with Gasteiger partial charge < -0.3 is 19.9 Å². The number of rotatable bonds is 7. The van der Waals surface area contributed by atoms with E-state index < -0.39 is 0 Å². The van der Waals surface area contributed by atoms with Crippen LogP contribution in [0.15, 0.2) is 18.3 Å². The Labute approximate surface area is 156 Å². The Morgan fingerprint density at radius 1 is 1.31 bits per heavy atom. The van der Waals surface area contributed by atoms with Crippen LogP contribution in [0.1, 0.15) is 48.9 Å². The first-order chi connectivity index (χ1) is 12.8. The van der Waals surface area contributed by atoms with Gasteiger partial charge in [0.15, 0.2) is 0 Å². The van der Waals surface area contributed by atoms with E-state index in [2.05, 4.69) is 27.1 Å². The van der Waals surface area contributed by atoms with Gasteiger partial charge in [-0.25, -0.2) is 4.98 Å². The van der Waals surface area contributed by atoms with Gasteiger partial charge in [0.05, 0.1) is 18.8 Å². The number of amides is 1. The molecule has 1 aromatic heterocycles. The summed E-state index contributed by atoms with van der Waals surface area (Å²) in [5.74, 6) is 0.743. The lowest BCUT2D eigenvalue weighted by Gasteiger charge is -2.31. The first kappa shape index (κ1) is 19.1. The summed E-state index contributed by atoms with van der Waals surface area (Å²) >= 11 is 0. The second-order valence-corrected chi connectivity index (χ2v) is 7.36. The van der Waals surface area contributed by atoms with Crippen molar-refractivity contribution in [3.05, 3.63) is 23.9 Å². The fourth-order valence-corrected chi connectivity index (χ4v) is 3.93. The molecule has 1 saturated heterocycles. The molecule has 1 saturated carbocycles. The van der Waals surface area contributed by atoms with E-state index in [4.69, 9.17) is 4.74 Å². The summed E-state index contributed by atoms with van der Waals surface area (Å²) in [5.41, 5.74) is 0.662. The number of hydrogen-bond acceptors (Lipinski definition) is 5. The van der Waals surface area contributed by atoms with Crippen LogP contribution in [0.5, 0.6) is 0 Å². The number of hydrogen-bond donors (Lipinski definition) is 1. The molecule has 2 aliphatic rings. The highest BCUT2D eigenvalue weighted by molar-refractivity contribution is 5.98. The molecule has 1 N–H and O–H groups in total. The SMILES string of the molecule is CN(CCCNC(=O)c1cccnc1N1CCOCC1)C1CCCCC1. The molecule has 6 heteroatoms. The van der Waals surface area contributed by atoms with Crippen molar-refractivity contribution in [3.63, 3.8) is 0 Å². The summed E-state index contributed by atoms with van der Waals surface area (Å²) in [5, 5.41) is 3.07. The number of aromatic nitrogens is 1. The average Bonchev–Trinajstić information content (AvgIpc) is 2.72. The third kappa shape index (κ3) is 5.17. The molecule has 0 atom stereocenters. The average molecular weight is 361 g/mol. The van der Waals surface area contributed by atoms with Gasteiger partial charge in [0, 0.05) is 31.9 Å². The van der Waals surface area contributed by atoms with Crippen molar-refractivity contribution < 1.29 is 9.53 Å². The summed E-state index contributed by atoms with van der Waals surface area (Å²) in [4.78, 5) is 21.7. The third-order valence-corrected chi connectivity index (χ3v) is 5.51. The Kier molecular flexibility index (Phi) is 7.26. The van der Waals surface area contributed by atoms with Gasteiger partial charge >= 0.3 is 0 Å². The van der Waals surface area contributed by atoms with Crippen LogP contribution in [0.4, 0.5) is 5.82 Å². The van der Waals surface area contributed by atoms with Crippen LogP contribution in [0.25, 0.3) is 0 Å². The Bertz CT molecular complexity index is 569. The molecular formula is C20H32N4O2. The minimum Gasteiger partial charge on any atom is -0.378 e. The molecule has 0 radical (unpaired) electrons. The van der Waals surface area contributed by atoms with Crippen molar-refractivity contribution in [1.29, 1.82) is 0 Å². The maximum absolute atomic E-state index is 12.6. The van der Waals surface area contributed by atoms with E-state index in [9.17, 15) is 4.79 Å². The molecular weight excluding hydrogens is 328 g/mol. The zero-order valence-electron chi connectivity index (χ0n) is 16.0. The lowest BCUT2D eigenvalue weighted by atomic mass is 9.94. The van der Waals surface area contributed by atoms with Gasteiger partial charge in [-0.05, 0) is 45.0 Å². The van der Waals surface area contributed by atoms with E-state index in [0.717, 1.165) is 37.9 Å². The quantitative estimate of drug-likeness (QED) is 0.756. The molecule has 0 unspecified atom stereocenters. The van der Waals surface area contributed by atoms with E-state index in [1.54, 1.807) is 6.20 Å². The van der Waals surface area contributed by atoms with Gasteiger partial charge in [0.2, 0.25) is 0 Å². The van der Waals surface area contributed by atoms with Crippen molar-refractivity contribution in [3.8, 4) is 0 Å². The number of pyridine rings is 1. The molecule has 1 aromatic rings. The monoisotopic (exact) mass is 360 g/mol. The van der Waals surface area contributed by atoms with Gasteiger partial charge in [0.25, 0.3) is 5.91 Å². The molecule has 0 spiro atoms. The van der Waals surface area contributed by atoms with Crippen LogP contribution in [-0.2, 0) is 4.74 Å². The Morgan fingerprint density at radius 2 is 2.08 bits per heavy atom. The Hall–Kier alpha value is -1.66. The minimum absolute atomic E-state index is 0.0279. The lowest BCUT2D eigenvalue weighted by Crippen LogP contribution is -2.39. The van der Waals surface area contributed by atoms with Crippen LogP contribution in [-0.4, -0.2) is 68.3 Å². The van der Waals surface area contributed by atoms with Crippen molar-refractivity contribution in [2.75, 3.05) is 51.3 Å². The predicted octanol–water partition coefficient (Wildman–Crippen LogP) is 2.30. The maximum Gasteiger partial charge on any atom is 0.255 e. The van der Waals surface area contributed by atoms with E-state index in [1.807, 2.05) is 12.1 Å². The van der Waals surface area contributed by atoms with Crippen LogP contribution in [0.2, 0.25) is 0 Å². The van der Waals surface area contributed by atoms with Crippen molar-refractivity contribution in [2.45, 2.75) is 44.6 Å². The largest absolute Gasteiger partial charge is 0.378 e. The van der Waals surface area contributed by atoms with Crippen molar-refractivity contribution in [1.82, 2.24) is 15.2 Å². The summed E-state index contributed by atoms with van der Waals surface area (Å²) < 4.78 is 5.40. The summed E-state index contributed by atoms with van der Waals surface area (Å²) in [6.45, 7) is 4.67. The molecule has 6 nitrogen and oxygen atoms in total. The molecule has 1 aliphatic carbocycles. The highest BCUT2D eigenvalue weighted by Crippen LogP contribution is 2.21. The topological polar surface area (TPSA) is 57.7 Å². The number of anilines is 1. The van der Waals surface area contributed by atoms with Gasteiger partial charge in [-0.3, -0.25) is 4.79 Å². The molecule has 0 aromatic carbocycles. The normalized spacial score (nSPS) is 18.9. The van der Waals surface area contributed by atoms with Gasteiger partial charge in [-0.15, -0.1) is 0 Å². The molecule has 1 amide bonds. The molecule has 0 bridgehead atoms. The summed E-state index contributed by atoms with van der Waals surface area (Å²) in [6, 6.07) is 4.42. The van der Waals surface area contributed by atoms with Gasteiger partial charge in [-0.2, -0.15) is 0 Å². The Morgan fingerprint density at radius 3 is 2.85 bits per heavy atom. The maximum atomic E-state index is 12.6. The fraction of sp³-hybridized carbons (Fsp3) is 0.700. The molecule has 26 heavy (non-hydrogen) atoms. The lowest BCUT2D eigenvalue weighted by molar-refractivity contribution is 0.0948. The van der Waals surface area contributed by atoms with Crippen LogP contribution < -0.4 is 10.2 Å². The standard InChI is InChI=1S/C20H32N4O2/c1-23(17-7-3-2-4-8-17)12-6-11-22-20(25)18-9-5-10-21-19(18)24-13-15-26-16-14-24/h5,9-10,17H,2-4,6-8,11-16H2,1H3,(H,22,25). The molecule has 144 valence electrons. The van der Waals surface area contributed by atoms with E-state index in [-0.39, 0.29) is 5.91 Å². The summed E-state index contributed by atoms with van der Waals surface area (Å²) in [7, 11) is 2.22.